The molecule has 0 aliphatic carbocycles. The van der Waals surface area contributed by atoms with Crippen molar-refractivity contribution in [3.63, 3.8) is 0 Å². The van der Waals surface area contributed by atoms with E-state index in [9.17, 15) is 13.2 Å². The number of hydrogen-bond donors (Lipinski definition) is 2. The molecule has 0 radical (unpaired) electrons. The number of alkyl halides is 3. The summed E-state index contributed by atoms with van der Waals surface area (Å²) in [7, 11) is 0. The summed E-state index contributed by atoms with van der Waals surface area (Å²) in [6, 6.07) is 12.4. The van der Waals surface area contributed by atoms with E-state index in [1.807, 2.05) is 24.3 Å². The Morgan fingerprint density at radius 1 is 1.14 bits per heavy atom. The van der Waals surface area contributed by atoms with E-state index >= 15 is 0 Å². The number of para-hydroxylation sites is 1. The third-order valence-electron chi connectivity index (χ3n) is 3.70. The first-order valence-electron chi connectivity index (χ1n) is 8.75. The average Bonchev–Trinajstić information content (AvgIpc) is 2.62. The number of anilines is 1. The van der Waals surface area contributed by atoms with Crippen molar-refractivity contribution >= 4 is 29.2 Å². The van der Waals surface area contributed by atoms with Crippen molar-refractivity contribution in [1.82, 2.24) is 5.43 Å². The van der Waals surface area contributed by atoms with Crippen LogP contribution in [0.1, 0.15) is 31.4 Å². The van der Waals surface area contributed by atoms with Crippen LogP contribution in [-0.4, -0.2) is 17.9 Å². The molecule has 2 N–H and O–H groups in total. The van der Waals surface area contributed by atoms with Gasteiger partial charge in [-0.1, -0.05) is 26.0 Å². The van der Waals surface area contributed by atoms with Crippen molar-refractivity contribution < 1.29 is 17.9 Å². The Hall–Kier alpha value is -2.61. The van der Waals surface area contributed by atoms with Gasteiger partial charge in [0.25, 0.3) is 0 Å². The molecule has 0 fully saturated rings. The number of hydrogen-bond acceptors (Lipinski definition) is 3. The van der Waals surface area contributed by atoms with Crippen molar-refractivity contribution in [2.75, 3.05) is 11.9 Å². The molecule has 150 valence electrons. The minimum absolute atomic E-state index is 0.0402. The lowest BCUT2D eigenvalue weighted by atomic mass is 10.1. The minimum atomic E-state index is -4.47. The topological polar surface area (TPSA) is 45.6 Å². The summed E-state index contributed by atoms with van der Waals surface area (Å²) in [4.78, 5) is 0. The number of nitrogens with one attached hydrogen (secondary N) is 2. The molecule has 0 spiro atoms. The lowest BCUT2D eigenvalue weighted by Gasteiger charge is -2.14. The number of nitrogens with zero attached hydrogens (tertiary/aromatic N) is 1. The molecule has 2 aromatic rings. The van der Waals surface area contributed by atoms with Crippen molar-refractivity contribution in [2.45, 2.75) is 26.4 Å². The molecule has 2 rings (SSSR count). The van der Waals surface area contributed by atoms with Crippen LogP contribution in [0.5, 0.6) is 5.75 Å². The molecular formula is C20H22F3N3OS. The van der Waals surface area contributed by atoms with Crippen LogP contribution in [0.3, 0.4) is 0 Å². The quantitative estimate of drug-likeness (QED) is 0.363. The van der Waals surface area contributed by atoms with E-state index in [1.165, 1.54) is 24.4 Å². The van der Waals surface area contributed by atoms with Crippen molar-refractivity contribution in [2.24, 2.45) is 11.0 Å². The summed E-state index contributed by atoms with van der Waals surface area (Å²) >= 11 is 5.00. The first kappa shape index (κ1) is 21.7. The minimum Gasteiger partial charge on any atom is -0.494 e. The van der Waals surface area contributed by atoms with Crippen LogP contribution >= 0.6 is 12.2 Å². The van der Waals surface area contributed by atoms with Gasteiger partial charge in [-0.25, -0.2) is 0 Å². The Bertz CT molecular complexity index is 805. The van der Waals surface area contributed by atoms with Crippen LogP contribution < -0.4 is 15.5 Å². The van der Waals surface area contributed by atoms with Crippen molar-refractivity contribution in [3.8, 4) is 5.75 Å². The van der Waals surface area contributed by atoms with Gasteiger partial charge in [0.05, 0.1) is 24.1 Å². The number of rotatable bonds is 7. The van der Waals surface area contributed by atoms with Crippen molar-refractivity contribution in [3.05, 3.63) is 59.7 Å². The largest absolute Gasteiger partial charge is 0.494 e. The summed E-state index contributed by atoms with van der Waals surface area (Å²) in [5.74, 6) is 1.35. The Morgan fingerprint density at radius 3 is 2.46 bits per heavy atom. The highest BCUT2D eigenvalue weighted by atomic mass is 32.1. The molecule has 0 aliphatic rings. The Labute approximate surface area is 167 Å². The van der Waals surface area contributed by atoms with E-state index in [2.05, 4.69) is 29.7 Å². The Morgan fingerprint density at radius 2 is 1.82 bits per heavy atom. The highest BCUT2D eigenvalue weighted by molar-refractivity contribution is 7.80. The zero-order valence-corrected chi connectivity index (χ0v) is 16.4. The summed E-state index contributed by atoms with van der Waals surface area (Å²) < 4.78 is 44.6. The van der Waals surface area contributed by atoms with Crippen LogP contribution in [0.25, 0.3) is 0 Å². The predicted octanol–water partition coefficient (Wildman–Crippen LogP) is 5.45. The fourth-order valence-corrected chi connectivity index (χ4v) is 2.38. The smallest absolute Gasteiger partial charge is 0.418 e. The maximum absolute atomic E-state index is 13.0. The molecule has 0 aliphatic heterocycles. The van der Waals surface area contributed by atoms with E-state index in [1.54, 1.807) is 0 Å². The number of ether oxygens (including phenoxy) is 1. The molecule has 0 amide bonds. The fourth-order valence-electron chi connectivity index (χ4n) is 2.22. The molecule has 2 aromatic carbocycles. The summed E-state index contributed by atoms with van der Waals surface area (Å²) in [6.07, 6.45) is -1.97. The van der Waals surface area contributed by atoms with Crippen LogP contribution in [-0.2, 0) is 6.18 Å². The van der Waals surface area contributed by atoms with Gasteiger partial charge >= 0.3 is 6.18 Å². The first-order valence-corrected chi connectivity index (χ1v) is 9.15. The Kier molecular flexibility index (Phi) is 7.80. The highest BCUT2D eigenvalue weighted by Crippen LogP contribution is 2.34. The third-order valence-corrected chi connectivity index (χ3v) is 3.90. The van der Waals surface area contributed by atoms with Gasteiger partial charge in [0.15, 0.2) is 5.11 Å². The van der Waals surface area contributed by atoms with Gasteiger partial charge in [-0.2, -0.15) is 18.3 Å². The Balaban J connectivity index is 1.87. The predicted molar refractivity (Wildman–Crippen MR) is 110 cm³/mol. The van der Waals surface area contributed by atoms with Crippen LogP contribution in [0.15, 0.2) is 53.6 Å². The monoisotopic (exact) mass is 409 g/mol. The molecule has 0 saturated heterocycles. The first-order chi connectivity index (χ1) is 13.3. The number of halogens is 3. The average molecular weight is 409 g/mol. The summed E-state index contributed by atoms with van der Waals surface area (Å²) in [5, 5.41) is 6.41. The molecular weight excluding hydrogens is 387 g/mol. The standard InChI is InChI=1S/C20H22F3N3OS/c1-14(2)11-12-27-16-9-7-15(8-10-16)13-24-26-19(28)25-18-6-4-3-5-17(18)20(21,22)23/h3-10,13-14H,11-12H2,1-2H3,(H2,25,26,28). The third kappa shape index (κ3) is 7.19. The zero-order valence-electron chi connectivity index (χ0n) is 15.6. The normalized spacial score (nSPS) is 11.6. The second kappa shape index (κ2) is 10.1. The molecule has 0 unspecified atom stereocenters. The molecule has 0 atom stereocenters. The van der Waals surface area contributed by atoms with Gasteiger partial charge in [0.2, 0.25) is 0 Å². The molecule has 0 heterocycles. The lowest BCUT2D eigenvalue weighted by Crippen LogP contribution is -2.25. The van der Waals surface area contributed by atoms with Crippen LogP contribution in [0.4, 0.5) is 18.9 Å². The van der Waals surface area contributed by atoms with E-state index in [0.717, 1.165) is 23.8 Å². The summed E-state index contributed by atoms with van der Waals surface area (Å²) in [5.41, 5.74) is 2.38. The summed E-state index contributed by atoms with van der Waals surface area (Å²) in [6.45, 7) is 4.93. The van der Waals surface area contributed by atoms with Crippen LogP contribution in [0, 0.1) is 5.92 Å². The molecule has 0 saturated carbocycles. The highest BCUT2D eigenvalue weighted by Gasteiger charge is 2.33. The second-order valence-corrected chi connectivity index (χ2v) is 6.88. The lowest BCUT2D eigenvalue weighted by molar-refractivity contribution is -0.136. The number of benzene rings is 2. The van der Waals surface area contributed by atoms with Gasteiger partial charge in [-0.05, 0) is 66.5 Å². The SMILES string of the molecule is CC(C)CCOc1ccc(C=NNC(=S)Nc2ccccc2C(F)(F)F)cc1. The van der Waals surface area contributed by atoms with E-state index < -0.39 is 11.7 Å². The molecule has 28 heavy (non-hydrogen) atoms. The van der Waals surface area contributed by atoms with E-state index in [-0.39, 0.29) is 10.8 Å². The molecule has 0 bridgehead atoms. The van der Waals surface area contributed by atoms with Crippen molar-refractivity contribution in [1.29, 1.82) is 0 Å². The molecule has 0 aromatic heterocycles. The van der Waals surface area contributed by atoms with Gasteiger partial charge in [0.1, 0.15) is 5.75 Å². The van der Waals surface area contributed by atoms with Crippen LogP contribution in [0.2, 0.25) is 0 Å². The number of thiocarbonyl (C=S) groups is 1. The van der Waals surface area contributed by atoms with Gasteiger partial charge < -0.3 is 10.1 Å². The molecule has 8 heteroatoms. The second-order valence-electron chi connectivity index (χ2n) is 6.47. The van der Waals surface area contributed by atoms with E-state index in [0.29, 0.717) is 12.5 Å². The van der Waals surface area contributed by atoms with Gasteiger partial charge in [-0.15, -0.1) is 0 Å². The molecule has 4 nitrogen and oxygen atoms in total. The maximum atomic E-state index is 13.0. The zero-order chi connectivity index (χ0) is 20.6. The number of hydrazone groups is 1. The maximum Gasteiger partial charge on any atom is 0.418 e. The fraction of sp³-hybridized carbons (Fsp3) is 0.300. The van der Waals surface area contributed by atoms with E-state index in [4.69, 9.17) is 17.0 Å². The van der Waals surface area contributed by atoms with Gasteiger partial charge in [0, 0.05) is 0 Å². The van der Waals surface area contributed by atoms with Gasteiger partial charge in [-0.3, -0.25) is 5.43 Å².